The van der Waals surface area contributed by atoms with E-state index in [0.29, 0.717) is 0 Å². The second-order valence-electron chi connectivity index (χ2n) is 4.79. The molecule has 8 nitrogen and oxygen atoms in total. The highest BCUT2D eigenvalue weighted by atomic mass is 27.0. The molecule has 0 heterocycles. The van der Waals surface area contributed by atoms with Crippen molar-refractivity contribution in [2.45, 2.75) is 13.8 Å². The monoisotopic (exact) mass is 387 g/mol. The van der Waals surface area contributed by atoms with Crippen molar-refractivity contribution in [3.05, 3.63) is 59.7 Å². The molecule has 0 saturated heterocycles. The number of carbonyl (C=O) groups is 4. The Labute approximate surface area is 165 Å². The predicted molar refractivity (Wildman–Crippen MR) is 95.2 cm³/mol. The van der Waals surface area contributed by atoms with Crippen molar-refractivity contribution in [2.75, 3.05) is 0 Å². The summed E-state index contributed by atoms with van der Waals surface area (Å²) in [5, 5.41) is 17.4. The Bertz CT molecular complexity index is 762. The molecular weight excluding hydrogens is 371 g/mol. The molecule has 0 unspecified atom stereocenters. The van der Waals surface area contributed by atoms with Gasteiger partial charge in [-0.2, -0.15) is 0 Å². The first-order valence-corrected chi connectivity index (χ1v) is 7.23. The summed E-state index contributed by atoms with van der Waals surface area (Å²) in [5.41, 5.74) is -0.0320. The van der Waals surface area contributed by atoms with Gasteiger partial charge in [0.05, 0.1) is 0 Å². The standard InChI is InChI=1S/2C9H8O4.Al/c2*1-6(10)13-8-5-3-2-4-7(8)9(11)12;/h2*2-5H,1H3,(H,11,12);. The molecule has 0 fully saturated rings. The summed E-state index contributed by atoms with van der Waals surface area (Å²) >= 11 is 0. The Morgan fingerprint density at radius 1 is 0.667 bits per heavy atom. The van der Waals surface area contributed by atoms with Crippen molar-refractivity contribution < 1.29 is 38.9 Å². The number of esters is 2. The van der Waals surface area contributed by atoms with E-state index in [9.17, 15) is 19.2 Å². The number of carboxylic acid groups (broad SMARTS) is 2. The number of hydrogen-bond donors (Lipinski definition) is 2. The number of carbonyl (C=O) groups excluding carboxylic acids is 2. The lowest BCUT2D eigenvalue weighted by Gasteiger charge is -2.03. The first-order valence-electron chi connectivity index (χ1n) is 7.23. The molecule has 0 bridgehead atoms. The Hall–Kier alpha value is -3.15. The van der Waals surface area contributed by atoms with Crippen LogP contribution in [-0.2, 0) is 9.59 Å². The van der Waals surface area contributed by atoms with Crippen molar-refractivity contribution in [2.24, 2.45) is 0 Å². The lowest BCUT2D eigenvalue weighted by atomic mass is 10.2. The summed E-state index contributed by atoms with van der Waals surface area (Å²) in [6.45, 7) is 2.44. The van der Waals surface area contributed by atoms with Gasteiger partial charge in [-0.1, -0.05) is 24.3 Å². The van der Waals surface area contributed by atoms with Gasteiger partial charge in [0.2, 0.25) is 0 Å². The van der Waals surface area contributed by atoms with Crippen LogP contribution in [0, 0.1) is 0 Å². The van der Waals surface area contributed by atoms with Crippen LogP contribution in [0.15, 0.2) is 48.5 Å². The van der Waals surface area contributed by atoms with Crippen LogP contribution < -0.4 is 9.47 Å². The van der Waals surface area contributed by atoms with Crippen LogP contribution >= 0.6 is 0 Å². The Kier molecular flexibility index (Phi) is 10.1. The fourth-order valence-corrected chi connectivity index (χ4v) is 1.77. The molecule has 0 atom stereocenters. The van der Waals surface area contributed by atoms with E-state index in [0.717, 1.165) is 0 Å². The molecule has 139 valence electrons. The molecule has 0 aliphatic rings. The third-order valence-corrected chi connectivity index (χ3v) is 2.74. The topological polar surface area (TPSA) is 127 Å². The van der Waals surface area contributed by atoms with Crippen LogP contribution in [0.4, 0.5) is 0 Å². The van der Waals surface area contributed by atoms with Gasteiger partial charge in [0, 0.05) is 31.2 Å². The van der Waals surface area contributed by atoms with Gasteiger partial charge in [0.15, 0.2) is 0 Å². The lowest BCUT2D eigenvalue weighted by Crippen LogP contribution is -2.06. The third kappa shape index (κ3) is 8.18. The van der Waals surface area contributed by atoms with E-state index in [1.165, 1.54) is 38.1 Å². The minimum atomic E-state index is -1.11. The molecule has 9 heteroatoms. The van der Waals surface area contributed by atoms with Gasteiger partial charge in [0.25, 0.3) is 0 Å². The fourth-order valence-electron chi connectivity index (χ4n) is 1.77. The van der Waals surface area contributed by atoms with E-state index < -0.39 is 23.9 Å². The van der Waals surface area contributed by atoms with E-state index in [1.54, 1.807) is 24.3 Å². The average Bonchev–Trinajstić information content (AvgIpc) is 2.55. The maximum Gasteiger partial charge on any atom is 0.339 e. The molecule has 2 aromatic rings. The first-order chi connectivity index (χ1) is 12.2. The highest BCUT2D eigenvalue weighted by Gasteiger charge is 2.11. The largest absolute Gasteiger partial charge is 0.478 e. The second kappa shape index (κ2) is 11.5. The zero-order chi connectivity index (χ0) is 19.7. The minimum Gasteiger partial charge on any atom is -0.478 e. The maximum absolute atomic E-state index is 10.6. The lowest BCUT2D eigenvalue weighted by molar-refractivity contribution is -0.132. The zero-order valence-corrected chi connectivity index (χ0v) is 15.7. The van der Waals surface area contributed by atoms with Crippen molar-refractivity contribution in [1.82, 2.24) is 0 Å². The molecule has 2 aromatic carbocycles. The van der Waals surface area contributed by atoms with Crippen LogP contribution in [0.25, 0.3) is 0 Å². The summed E-state index contributed by atoms with van der Waals surface area (Å²) < 4.78 is 9.37. The molecule has 0 aliphatic heterocycles. The number of aromatic carboxylic acids is 2. The molecule has 27 heavy (non-hydrogen) atoms. The summed E-state index contributed by atoms with van der Waals surface area (Å²) in [6.07, 6.45) is 0. The van der Waals surface area contributed by atoms with Gasteiger partial charge in [0.1, 0.15) is 22.6 Å². The van der Waals surface area contributed by atoms with Gasteiger partial charge in [-0.05, 0) is 24.3 Å². The second-order valence-corrected chi connectivity index (χ2v) is 4.79. The van der Waals surface area contributed by atoms with E-state index in [2.05, 4.69) is 9.47 Å². The van der Waals surface area contributed by atoms with Crippen LogP contribution in [0.2, 0.25) is 0 Å². The van der Waals surface area contributed by atoms with E-state index in [4.69, 9.17) is 10.2 Å². The van der Waals surface area contributed by atoms with Crippen molar-refractivity contribution in [3.8, 4) is 11.5 Å². The van der Waals surface area contributed by atoms with E-state index >= 15 is 0 Å². The smallest absolute Gasteiger partial charge is 0.339 e. The molecule has 2 rings (SSSR count). The van der Waals surface area contributed by atoms with E-state index in [-0.39, 0.29) is 40.0 Å². The van der Waals surface area contributed by atoms with Gasteiger partial charge in [-0.25, -0.2) is 9.59 Å². The summed E-state index contributed by atoms with van der Waals surface area (Å²) in [7, 11) is 0. The van der Waals surface area contributed by atoms with Gasteiger partial charge in [-0.15, -0.1) is 0 Å². The number of carboxylic acids is 2. The SMILES string of the molecule is CC(=O)Oc1ccccc1C(=O)O.CC(=O)Oc1ccccc1C(=O)O.[Al]. The zero-order valence-electron chi connectivity index (χ0n) is 14.5. The normalized spacial score (nSPS) is 8.96. The molecule has 2 N–H and O–H groups in total. The minimum absolute atomic E-state index is 0. The Morgan fingerprint density at radius 2 is 0.963 bits per heavy atom. The Morgan fingerprint density at radius 3 is 1.22 bits per heavy atom. The molecule has 0 aliphatic carbocycles. The maximum atomic E-state index is 10.6. The first kappa shape index (κ1) is 23.9. The van der Waals surface area contributed by atoms with Crippen molar-refractivity contribution in [3.63, 3.8) is 0 Å². The fraction of sp³-hybridized carbons (Fsp3) is 0.111. The van der Waals surface area contributed by atoms with Crippen molar-refractivity contribution >= 4 is 41.2 Å². The molecule has 0 saturated carbocycles. The molecule has 0 amide bonds. The van der Waals surface area contributed by atoms with Gasteiger partial charge in [-0.3, -0.25) is 9.59 Å². The number of para-hydroxylation sites is 2. The van der Waals surface area contributed by atoms with Crippen LogP contribution in [0.1, 0.15) is 34.6 Å². The molecule has 0 aromatic heterocycles. The highest BCUT2D eigenvalue weighted by molar-refractivity contribution is 5.92. The van der Waals surface area contributed by atoms with Crippen LogP contribution in [0.5, 0.6) is 11.5 Å². The predicted octanol–water partition coefficient (Wildman–Crippen LogP) is 2.24. The molecular formula is C18H16AlO8. The highest BCUT2D eigenvalue weighted by Crippen LogP contribution is 2.18. The van der Waals surface area contributed by atoms with Gasteiger partial charge >= 0.3 is 23.9 Å². The average molecular weight is 387 g/mol. The summed E-state index contributed by atoms with van der Waals surface area (Å²) in [6, 6.07) is 12.0. The van der Waals surface area contributed by atoms with Crippen LogP contribution in [-0.4, -0.2) is 51.5 Å². The van der Waals surface area contributed by atoms with Crippen molar-refractivity contribution in [1.29, 1.82) is 0 Å². The summed E-state index contributed by atoms with van der Waals surface area (Å²) in [5.74, 6) is -3.15. The third-order valence-electron chi connectivity index (χ3n) is 2.74. The number of rotatable bonds is 4. The number of benzene rings is 2. The van der Waals surface area contributed by atoms with Crippen LogP contribution in [0.3, 0.4) is 0 Å². The van der Waals surface area contributed by atoms with E-state index in [1.807, 2.05) is 0 Å². The number of hydrogen-bond acceptors (Lipinski definition) is 6. The number of ether oxygens (including phenoxy) is 2. The van der Waals surface area contributed by atoms with Gasteiger partial charge < -0.3 is 19.7 Å². The molecule has 3 radical (unpaired) electrons. The Balaban J connectivity index is 0.000000483. The summed E-state index contributed by atoms with van der Waals surface area (Å²) in [4.78, 5) is 42.4. The quantitative estimate of drug-likeness (QED) is 0.465. The molecule has 0 spiro atoms.